The fourth-order valence-electron chi connectivity index (χ4n) is 4.75. The molecule has 2 atom stereocenters. The molecule has 2 unspecified atom stereocenters. The largest absolute Gasteiger partial charge is 0.455 e. The molecule has 2 aromatic carbocycles. The Labute approximate surface area is 220 Å². The van der Waals surface area contributed by atoms with E-state index in [9.17, 15) is 4.79 Å². The van der Waals surface area contributed by atoms with Crippen molar-refractivity contribution < 1.29 is 18.8 Å². The Bertz CT molecular complexity index is 865. The number of unbranched alkanes of at least 4 members (excludes halogenated alkanes) is 5. The van der Waals surface area contributed by atoms with Gasteiger partial charge in [-0.3, -0.25) is 4.79 Å². The van der Waals surface area contributed by atoms with Gasteiger partial charge in [-0.15, -0.1) is 0 Å². The van der Waals surface area contributed by atoms with Crippen molar-refractivity contribution in [3.05, 3.63) is 65.7 Å². The third kappa shape index (κ3) is 11.6. The van der Waals surface area contributed by atoms with Gasteiger partial charge in [0.2, 0.25) is 6.29 Å². The molecule has 0 saturated heterocycles. The van der Waals surface area contributed by atoms with Gasteiger partial charge in [-0.1, -0.05) is 95.3 Å². The minimum absolute atomic E-state index is 0.154. The van der Waals surface area contributed by atoms with Crippen LogP contribution >= 0.6 is 0 Å². The van der Waals surface area contributed by atoms with E-state index in [2.05, 4.69) is 71.3 Å². The normalized spacial score (nSPS) is 13.2. The third-order valence-electron chi connectivity index (χ3n) is 6.75. The molecular formula is C32H50NO3+. The topological polar surface area (TPSA) is 35.5 Å². The molecule has 4 nitrogen and oxygen atoms in total. The van der Waals surface area contributed by atoms with Crippen molar-refractivity contribution in [1.82, 2.24) is 0 Å². The van der Waals surface area contributed by atoms with E-state index in [1.54, 1.807) is 0 Å². The SMILES string of the molecule is CCCCCCCCc1cccc(OC(CCC)OC(=O)C(CC)C[N+](C)(C)Cc2ccccc2)c1. The van der Waals surface area contributed by atoms with Crippen LogP contribution in [0.15, 0.2) is 54.6 Å². The van der Waals surface area contributed by atoms with Gasteiger partial charge in [0.1, 0.15) is 18.2 Å². The van der Waals surface area contributed by atoms with Crippen LogP contribution in [-0.4, -0.2) is 37.4 Å². The van der Waals surface area contributed by atoms with Gasteiger partial charge >= 0.3 is 5.97 Å². The van der Waals surface area contributed by atoms with E-state index in [-0.39, 0.29) is 11.9 Å². The molecular weight excluding hydrogens is 446 g/mol. The number of benzene rings is 2. The minimum Gasteiger partial charge on any atom is -0.455 e. The number of rotatable bonds is 18. The molecule has 0 heterocycles. The minimum atomic E-state index is -0.550. The number of esters is 1. The van der Waals surface area contributed by atoms with Gasteiger partial charge in [0.15, 0.2) is 0 Å². The first-order chi connectivity index (χ1) is 17.4. The predicted octanol–water partition coefficient (Wildman–Crippen LogP) is 7.94. The monoisotopic (exact) mass is 496 g/mol. The summed E-state index contributed by atoms with van der Waals surface area (Å²) in [6, 6.07) is 18.7. The molecule has 36 heavy (non-hydrogen) atoms. The molecule has 2 rings (SSSR count). The number of ether oxygens (including phenoxy) is 2. The second kappa shape index (κ2) is 16.4. The summed E-state index contributed by atoms with van der Waals surface area (Å²) in [7, 11) is 4.36. The molecule has 0 aliphatic rings. The zero-order chi connectivity index (χ0) is 26.2. The van der Waals surface area contributed by atoms with Gasteiger partial charge < -0.3 is 14.0 Å². The first kappa shape index (κ1) is 29.9. The van der Waals surface area contributed by atoms with Crippen LogP contribution in [0.25, 0.3) is 0 Å². The molecule has 0 aliphatic heterocycles. The van der Waals surface area contributed by atoms with Crippen molar-refractivity contribution in [2.75, 3.05) is 20.6 Å². The molecule has 0 radical (unpaired) electrons. The maximum atomic E-state index is 13.2. The Balaban J connectivity index is 1.92. The molecule has 0 saturated carbocycles. The van der Waals surface area contributed by atoms with Crippen molar-refractivity contribution in [1.29, 1.82) is 0 Å². The van der Waals surface area contributed by atoms with Crippen LogP contribution in [-0.2, 0) is 22.5 Å². The second-order valence-corrected chi connectivity index (χ2v) is 10.8. The number of aryl methyl sites for hydroxylation is 1. The number of carbonyl (C=O) groups excluding carboxylic acids is 1. The van der Waals surface area contributed by atoms with Gasteiger partial charge in [0.25, 0.3) is 0 Å². The molecule has 0 bridgehead atoms. The molecule has 4 heteroatoms. The quantitative estimate of drug-likeness (QED) is 0.0909. The summed E-state index contributed by atoms with van der Waals surface area (Å²) in [4.78, 5) is 13.2. The van der Waals surface area contributed by atoms with Gasteiger partial charge in [-0.25, -0.2) is 0 Å². The van der Waals surface area contributed by atoms with Crippen LogP contribution in [0.1, 0.15) is 89.7 Å². The average molecular weight is 497 g/mol. The number of carbonyl (C=O) groups is 1. The van der Waals surface area contributed by atoms with E-state index in [0.29, 0.717) is 6.42 Å². The third-order valence-corrected chi connectivity index (χ3v) is 6.75. The van der Waals surface area contributed by atoms with Crippen LogP contribution in [0.3, 0.4) is 0 Å². The van der Waals surface area contributed by atoms with Crippen LogP contribution in [0.2, 0.25) is 0 Å². The fraction of sp³-hybridized carbons (Fsp3) is 0.594. The molecule has 0 amide bonds. The van der Waals surface area contributed by atoms with E-state index in [0.717, 1.165) is 42.6 Å². The molecule has 2 aromatic rings. The number of hydrogen-bond donors (Lipinski definition) is 0. The van der Waals surface area contributed by atoms with E-state index in [1.807, 2.05) is 18.2 Å². The summed E-state index contributed by atoms with van der Waals surface area (Å²) in [6.07, 6.45) is 10.6. The Morgan fingerprint density at radius 3 is 2.22 bits per heavy atom. The smallest absolute Gasteiger partial charge is 0.317 e. The Morgan fingerprint density at radius 2 is 1.53 bits per heavy atom. The van der Waals surface area contributed by atoms with Gasteiger partial charge in [0, 0.05) is 12.0 Å². The summed E-state index contributed by atoms with van der Waals surface area (Å²) in [5, 5.41) is 0. The number of hydrogen-bond acceptors (Lipinski definition) is 3. The lowest BCUT2D eigenvalue weighted by Gasteiger charge is -2.33. The zero-order valence-electron chi connectivity index (χ0n) is 23.5. The van der Waals surface area contributed by atoms with Crippen molar-refractivity contribution in [3.63, 3.8) is 0 Å². The summed E-state index contributed by atoms with van der Waals surface area (Å²) in [5.41, 5.74) is 2.56. The lowest BCUT2D eigenvalue weighted by molar-refractivity contribution is -0.906. The molecule has 0 aliphatic carbocycles. The van der Waals surface area contributed by atoms with E-state index in [1.165, 1.54) is 49.7 Å². The van der Waals surface area contributed by atoms with Gasteiger partial charge in [-0.05, 0) is 43.4 Å². The summed E-state index contributed by atoms with van der Waals surface area (Å²) in [6.45, 7) is 8.02. The van der Waals surface area contributed by atoms with Crippen molar-refractivity contribution in [2.24, 2.45) is 5.92 Å². The summed E-state index contributed by atoms with van der Waals surface area (Å²) >= 11 is 0. The van der Waals surface area contributed by atoms with Crippen LogP contribution in [0, 0.1) is 5.92 Å². The van der Waals surface area contributed by atoms with Crippen LogP contribution in [0.4, 0.5) is 0 Å². The lowest BCUT2D eigenvalue weighted by Crippen LogP contribution is -2.45. The Hall–Kier alpha value is -2.33. The zero-order valence-corrected chi connectivity index (χ0v) is 23.5. The lowest BCUT2D eigenvalue weighted by atomic mass is 10.0. The van der Waals surface area contributed by atoms with Crippen LogP contribution in [0.5, 0.6) is 5.75 Å². The molecule has 0 N–H and O–H groups in total. The Kier molecular flexibility index (Phi) is 13.6. The van der Waals surface area contributed by atoms with Crippen molar-refractivity contribution >= 4 is 5.97 Å². The first-order valence-corrected chi connectivity index (χ1v) is 14.2. The molecule has 0 aromatic heterocycles. The van der Waals surface area contributed by atoms with Crippen molar-refractivity contribution in [2.45, 2.75) is 97.8 Å². The highest BCUT2D eigenvalue weighted by molar-refractivity contribution is 5.72. The second-order valence-electron chi connectivity index (χ2n) is 10.8. The Morgan fingerprint density at radius 1 is 0.833 bits per heavy atom. The first-order valence-electron chi connectivity index (χ1n) is 14.2. The average Bonchev–Trinajstić information content (AvgIpc) is 2.85. The van der Waals surface area contributed by atoms with E-state index >= 15 is 0 Å². The van der Waals surface area contributed by atoms with E-state index < -0.39 is 6.29 Å². The maximum absolute atomic E-state index is 13.2. The van der Waals surface area contributed by atoms with Crippen LogP contribution < -0.4 is 4.74 Å². The highest BCUT2D eigenvalue weighted by Crippen LogP contribution is 2.22. The van der Waals surface area contributed by atoms with E-state index in [4.69, 9.17) is 9.47 Å². The summed E-state index contributed by atoms with van der Waals surface area (Å²) < 4.78 is 12.9. The molecule has 0 spiro atoms. The highest BCUT2D eigenvalue weighted by Gasteiger charge is 2.30. The molecule has 0 fully saturated rings. The van der Waals surface area contributed by atoms with Gasteiger partial charge in [-0.2, -0.15) is 0 Å². The summed E-state index contributed by atoms with van der Waals surface area (Å²) in [5.74, 6) is 0.474. The standard InChI is InChI=1S/C32H50NO3/c1-6-9-10-11-12-14-19-27-22-17-23-30(24-27)35-31(18-7-2)36-32(34)29(8-3)26-33(4,5)25-28-20-15-13-16-21-28/h13,15-17,20-24,29,31H,6-12,14,18-19,25-26H2,1-5H3/q+1. The van der Waals surface area contributed by atoms with Gasteiger partial charge in [0.05, 0.1) is 20.6 Å². The number of quaternary nitrogens is 1. The van der Waals surface area contributed by atoms with Crippen molar-refractivity contribution in [3.8, 4) is 5.75 Å². The molecule has 200 valence electrons. The maximum Gasteiger partial charge on any atom is 0.317 e. The fourth-order valence-corrected chi connectivity index (χ4v) is 4.75. The highest BCUT2D eigenvalue weighted by atomic mass is 16.7. The predicted molar refractivity (Wildman–Crippen MR) is 150 cm³/mol. The number of nitrogens with zero attached hydrogens (tertiary/aromatic N) is 1.